The van der Waals surface area contributed by atoms with Gasteiger partial charge in [0.15, 0.2) is 5.96 Å². The molecule has 1 aromatic rings. The van der Waals surface area contributed by atoms with Gasteiger partial charge in [0.2, 0.25) is 5.91 Å². The molecule has 1 saturated carbocycles. The Morgan fingerprint density at radius 2 is 1.88 bits per heavy atom. The lowest BCUT2D eigenvalue weighted by molar-refractivity contribution is -0.125. The third kappa shape index (κ3) is 5.78. The fraction of sp³-hybridized carbons (Fsp3) is 0.706. The lowest BCUT2D eigenvalue weighted by Gasteiger charge is -2.20. The van der Waals surface area contributed by atoms with Gasteiger partial charge in [0.25, 0.3) is 0 Å². The van der Waals surface area contributed by atoms with Crippen molar-refractivity contribution in [3.05, 3.63) is 15.6 Å². The lowest BCUT2D eigenvalue weighted by Crippen LogP contribution is -2.42. The number of aliphatic imine (C=N–C) groups is 1. The molecule has 1 aliphatic rings. The molecule has 1 fully saturated rings. The number of thiazole rings is 1. The predicted octanol–water partition coefficient (Wildman–Crippen LogP) is 2.12. The second-order valence-corrected chi connectivity index (χ2v) is 7.52. The molecule has 24 heavy (non-hydrogen) atoms. The molecule has 6 nitrogen and oxygen atoms in total. The zero-order valence-electron chi connectivity index (χ0n) is 14.9. The van der Waals surface area contributed by atoms with Crippen molar-refractivity contribution in [1.29, 1.82) is 0 Å². The largest absolute Gasteiger partial charge is 0.355 e. The summed E-state index contributed by atoms with van der Waals surface area (Å²) in [4.78, 5) is 22.0. The molecule has 0 atom stereocenters. The molecule has 7 heteroatoms. The van der Waals surface area contributed by atoms with Crippen LogP contribution in [0.4, 0.5) is 0 Å². The molecule has 1 amide bonds. The number of guanidine groups is 1. The number of nitrogens with zero attached hydrogens (tertiary/aromatic N) is 2. The minimum Gasteiger partial charge on any atom is -0.355 e. The summed E-state index contributed by atoms with van der Waals surface area (Å²) >= 11 is 1.70. The molecule has 134 valence electrons. The van der Waals surface area contributed by atoms with Crippen LogP contribution in [0.3, 0.4) is 0 Å². The number of carbonyl (C=O) groups excluding carboxylic acids is 1. The van der Waals surface area contributed by atoms with Crippen molar-refractivity contribution in [2.75, 3.05) is 20.1 Å². The van der Waals surface area contributed by atoms with Crippen molar-refractivity contribution in [3.63, 3.8) is 0 Å². The minimum atomic E-state index is 0.202. The monoisotopic (exact) mass is 351 g/mol. The predicted molar refractivity (Wildman–Crippen MR) is 99.4 cm³/mol. The Kier molecular flexibility index (Phi) is 7.49. The van der Waals surface area contributed by atoms with Crippen molar-refractivity contribution >= 4 is 23.2 Å². The van der Waals surface area contributed by atoms with Crippen molar-refractivity contribution in [2.45, 2.75) is 52.5 Å². The van der Waals surface area contributed by atoms with Gasteiger partial charge in [-0.15, -0.1) is 11.3 Å². The van der Waals surface area contributed by atoms with E-state index in [4.69, 9.17) is 0 Å². The maximum Gasteiger partial charge on any atom is 0.223 e. The summed E-state index contributed by atoms with van der Waals surface area (Å²) in [5.41, 5.74) is 1.09. The fourth-order valence-corrected chi connectivity index (χ4v) is 3.74. The first-order chi connectivity index (χ1) is 11.6. The van der Waals surface area contributed by atoms with E-state index < -0.39 is 0 Å². The first-order valence-corrected chi connectivity index (χ1v) is 9.57. The molecule has 0 bridgehead atoms. The highest BCUT2D eigenvalue weighted by Crippen LogP contribution is 2.23. The van der Waals surface area contributed by atoms with Crippen LogP contribution in [0.5, 0.6) is 0 Å². The smallest absolute Gasteiger partial charge is 0.223 e. The Morgan fingerprint density at radius 1 is 1.17 bits per heavy atom. The average molecular weight is 352 g/mol. The maximum absolute atomic E-state index is 12.1. The van der Waals surface area contributed by atoms with Crippen molar-refractivity contribution in [2.24, 2.45) is 10.9 Å². The van der Waals surface area contributed by atoms with Crippen molar-refractivity contribution in [1.82, 2.24) is 20.9 Å². The van der Waals surface area contributed by atoms with E-state index in [1.54, 1.807) is 18.4 Å². The van der Waals surface area contributed by atoms with Gasteiger partial charge in [-0.25, -0.2) is 4.98 Å². The Hall–Kier alpha value is -1.63. The molecular formula is C17H29N5OS. The highest BCUT2D eigenvalue weighted by molar-refractivity contribution is 7.11. The summed E-state index contributed by atoms with van der Waals surface area (Å²) in [6, 6.07) is 0. The van der Waals surface area contributed by atoms with Crippen LogP contribution in [-0.4, -0.2) is 37.0 Å². The van der Waals surface area contributed by atoms with E-state index in [0.29, 0.717) is 19.6 Å². The van der Waals surface area contributed by atoms with Crippen molar-refractivity contribution < 1.29 is 4.79 Å². The number of amides is 1. The fourth-order valence-electron chi connectivity index (χ4n) is 2.87. The topological polar surface area (TPSA) is 78.4 Å². The number of rotatable bonds is 6. The van der Waals surface area contributed by atoms with E-state index in [0.717, 1.165) is 29.5 Å². The molecule has 1 aromatic heterocycles. The van der Waals surface area contributed by atoms with Gasteiger partial charge >= 0.3 is 0 Å². The first-order valence-electron chi connectivity index (χ1n) is 8.75. The van der Waals surface area contributed by atoms with Crippen LogP contribution in [0.1, 0.15) is 47.7 Å². The highest BCUT2D eigenvalue weighted by Gasteiger charge is 2.20. The molecule has 0 radical (unpaired) electrons. The summed E-state index contributed by atoms with van der Waals surface area (Å²) in [6.45, 7) is 6.04. The van der Waals surface area contributed by atoms with Crippen LogP contribution in [0.2, 0.25) is 0 Å². The molecule has 2 rings (SSSR count). The molecule has 3 N–H and O–H groups in total. The van der Waals surface area contributed by atoms with Crippen molar-refractivity contribution in [3.8, 4) is 0 Å². The van der Waals surface area contributed by atoms with E-state index in [-0.39, 0.29) is 11.8 Å². The molecule has 0 aliphatic heterocycles. The summed E-state index contributed by atoms with van der Waals surface area (Å²) in [5.74, 6) is 1.15. The van der Waals surface area contributed by atoms with E-state index in [9.17, 15) is 4.79 Å². The SMILES string of the molecule is CN=C(NCCNC(=O)C1CCCCC1)NCc1nc(C)c(C)s1. The molecular weight excluding hydrogens is 322 g/mol. The van der Waals surface area contributed by atoms with Gasteiger partial charge in [0, 0.05) is 30.9 Å². The molecule has 1 aliphatic carbocycles. The number of hydrogen-bond donors (Lipinski definition) is 3. The molecule has 0 unspecified atom stereocenters. The van der Waals surface area contributed by atoms with Gasteiger partial charge in [-0.3, -0.25) is 9.79 Å². The van der Waals surface area contributed by atoms with E-state index in [1.807, 2.05) is 6.92 Å². The number of aromatic nitrogens is 1. The number of hydrogen-bond acceptors (Lipinski definition) is 4. The lowest BCUT2D eigenvalue weighted by atomic mass is 9.89. The molecule has 0 saturated heterocycles. The third-order valence-electron chi connectivity index (χ3n) is 4.40. The first kappa shape index (κ1) is 18.7. The summed E-state index contributed by atoms with van der Waals surface area (Å²) in [6.07, 6.45) is 5.71. The zero-order chi connectivity index (χ0) is 17.4. The van der Waals surface area contributed by atoms with E-state index >= 15 is 0 Å². The average Bonchev–Trinajstić information content (AvgIpc) is 2.93. The summed E-state index contributed by atoms with van der Waals surface area (Å²) in [5, 5.41) is 10.5. The second-order valence-electron chi connectivity index (χ2n) is 6.23. The van der Waals surface area contributed by atoms with E-state index in [1.165, 1.54) is 24.1 Å². The van der Waals surface area contributed by atoms with Crippen LogP contribution in [-0.2, 0) is 11.3 Å². The Balaban J connectivity index is 1.63. The third-order valence-corrected chi connectivity index (χ3v) is 5.47. The number of carbonyl (C=O) groups is 1. The second kappa shape index (κ2) is 9.61. The van der Waals surface area contributed by atoms with Crippen LogP contribution in [0, 0.1) is 19.8 Å². The molecule has 0 aromatic carbocycles. The maximum atomic E-state index is 12.1. The van der Waals surface area contributed by atoms with Gasteiger partial charge in [-0.1, -0.05) is 19.3 Å². The van der Waals surface area contributed by atoms with Gasteiger partial charge in [-0.05, 0) is 26.7 Å². The standard InChI is InChI=1S/C17H29N5OS/c1-12-13(2)24-15(22-12)11-21-17(18-3)20-10-9-19-16(23)14-7-5-4-6-8-14/h14H,4-11H2,1-3H3,(H,19,23)(H2,18,20,21). The van der Waals surface area contributed by atoms with Crippen LogP contribution >= 0.6 is 11.3 Å². The Labute approximate surface area is 148 Å². The Morgan fingerprint density at radius 3 is 2.50 bits per heavy atom. The minimum absolute atomic E-state index is 0.202. The number of aryl methyl sites for hydroxylation is 2. The van der Waals surface area contributed by atoms with Crippen LogP contribution in [0.25, 0.3) is 0 Å². The van der Waals surface area contributed by atoms with Crippen LogP contribution < -0.4 is 16.0 Å². The molecule has 1 heterocycles. The van der Waals surface area contributed by atoms with Gasteiger partial charge in [0.1, 0.15) is 5.01 Å². The van der Waals surface area contributed by atoms with E-state index in [2.05, 4.69) is 32.9 Å². The van der Waals surface area contributed by atoms with Gasteiger partial charge < -0.3 is 16.0 Å². The Bertz CT molecular complexity index is 544. The number of nitrogens with one attached hydrogen (secondary N) is 3. The van der Waals surface area contributed by atoms with Crippen LogP contribution in [0.15, 0.2) is 4.99 Å². The molecule has 0 spiro atoms. The summed E-state index contributed by atoms with van der Waals surface area (Å²) < 4.78 is 0. The summed E-state index contributed by atoms with van der Waals surface area (Å²) in [7, 11) is 1.74. The quantitative estimate of drug-likeness (QED) is 0.417. The van der Waals surface area contributed by atoms with Gasteiger partial charge in [0.05, 0.1) is 12.2 Å². The zero-order valence-corrected chi connectivity index (χ0v) is 15.8. The van der Waals surface area contributed by atoms with Gasteiger partial charge in [-0.2, -0.15) is 0 Å². The normalized spacial score (nSPS) is 16.0. The highest BCUT2D eigenvalue weighted by atomic mass is 32.1.